The molecule has 3 rings (SSSR count). The minimum absolute atomic E-state index is 0.112. The largest absolute Gasteiger partial charge is 0.382 e. The summed E-state index contributed by atoms with van der Waals surface area (Å²) >= 11 is 0. The monoisotopic (exact) mass is 285 g/mol. The summed E-state index contributed by atoms with van der Waals surface area (Å²) in [5, 5.41) is 16.2. The lowest BCUT2D eigenvalue weighted by atomic mass is 9.87. The van der Waals surface area contributed by atoms with Gasteiger partial charge >= 0.3 is 0 Å². The molecule has 2 aromatic rings. The molecule has 2 atom stereocenters. The second-order valence-electron chi connectivity index (χ2n) is 5.92. The Balaban J connectivity index is 1.96. The zero-order chi connectivity index (χ0) is 14.8. The fourth-order valence-corrected chi connectivity index (χ4v) is 3.25. The van der Waals surface area contributed by atoms with Gasteiger partial charge in [0.05, 0.1) is 10.3 Å². The van der Waals surface area contributed by atoms with Crippen LogP contribution in [0.1, 0.15) is 32.6 Å². The number of nitrogens with one attached hydrogen (secondary N) is 1. The number of nitro benzene ring substituents is 1. The first-order valence-electron chi connectivity index (χ1n) is 7.43. The Labute approximate surface area is 123 Å². The molecule has 1 aromatic heterocycles. The summed E-state index contributed by atoms with van der Waals surface area (Å²) in [6.07, 6.45) is 8.11. The normalized spacial score (nSPS) is 22.1. The van der Waals surface area contributed by atoms with Gasteiger partial charge in [-0.05, 0) is 30.9 Å². The molecule has 5 heteroatoms. The van der Waals surface area contributed by atoms with Crippen molar-refractivity contribution in [3.05, 3.63) is 40.7 Å². The van der Waals surface area contributed by atoms with E-state index in [1.54, 1.807) is 18.5 Å². The Morgan fingerprint density at radius 1 is 1.29 bits per heavy atom. The van der Waals surface area contributed by atoms with Gasteiger partial charge in [-0.1, -0.05) is 19.8 Å². The van der Waals surface area contributed by atoms with Gasteiger partial charge in [0.1, 0.15) is 0 Å². The molecule has 0 bridgehead atoms. The van der Waals surface area contributed by atoms with E-state index in [4.69, 9.17) is 0 Å². The average Bonchev–Trinajstić information content (AvgIpc) is 2.47. The zero-order valence-corrected chi connectivity index (χ0v) is 12.1. The van der Waals surface area contributed by atoms with Crippen LogP contribution < -0.4 is 5.32 Å². The van der Waals surface area contributed by atoms with E-state index in [-0.39, 0.29) is 10.6 Å². The molecule has 0 radical (unpaired) electrons. The number of nitrogens with zero attached hydrogens (tertiary/aromatic N) is 2. The Bertz CT molecular complexity index is 672. The Kier molecular flexibility index (Phi) is 3.73. The molecule has 1 saturated carbocycles. The number of fused-ring (bicyclic) bond motifs is 1. The third-order valence-electron chi connectivity index (χ3n) is 4.29. The van der Waals surface area contributed by atoms with Crippen molar-refractivity contribution in [2.45, 2.75) is 38.6 Å². The van der Waals surface area contributed by atoms with Gasteiger partial charge in [-0.15, -0.1) is 0 Å². The summed E-state index contributed by atoms with van der Waals surface area (Å²) in [6, 6.07) is 5.68. The third-order valence-corrected chi connectivity index (χ3v) is 4.29. The Hall–Kier alpha value is -2.17. The number of rotatable bonds is 3. The van der Waals surface area contributed by atoms with Crippen LogP contribution in [0.4, 0.5) is 11.4 Å². The summed E-state index contributed by atoms with van der Waals surface area (Å²) < 4.78 is 0. The van der Waals surface area contributed by atoms with Crippen LogP contribution >= 0.6 is 0 Å². The van der Waals surface area contributed by atoms with E-state index < -0.39 is 0 Å². The first-order chi connectivity index (χ1) is 10.1. The van der Waals surface area contributed by atoms with Crippen molar-refractivity contribution in [3.63, 3.8) is 0 Å². The highest BCUT2D eigenvalue weighted by atomic mass is 16.6. The fraction of sp³-hybridized carbons (Fsp3) is 0.438. The van der Waals surface area contributed by atoms with Crippen LogP contribution in [0.2, 0.25) is 0 Å². The molecule has 0 saturated heterocycles. The number of non-ortho nitro benzene ring substituents is 1. The summed E-state index contributed by atoms with van der Waals surface area (Å²) in [5.41, 5.74) is 1.08. The molecule has 1 aromatic carbocycles. The summed E-state index contributed by atoms with van der Waals surface area (Å²) in [4.78, 5) is 14.8. The van der Waals surface area contributed by atoms with Crippen molar-refractivity contribution in [1.29, 1.82) is 0 Å². The highest BCUT2D eigenvalue weighted by Gasteiger charge is 2.20. The molecule has 1 heterocycles. The summed E-state index contributed by atoms with van der Waals surface area (Å²) in [5.74, 6) is 0.738. The van der Waals surface area contributed by atoms with E-state index in [0.29, 0.717) is 11.4 Å². The molecule has 110 valence electrons. The van der Waals surface area contributed by atoms with Gasteiger partial charge in [0.15, 0.2) is 0 Å². The van der Waals surface area contributed by atoms with Gasteiger partial charge in [-0.2, -0.15) is 0 Å². The highest BCUT2D eigenvalue weighted by molar-refractivity contribution is 5.99. The smallest absolute Gasteiger partial charge is 0.278 e. The van der Waals surface area contributed by atoms with E-state index in [2.05, 4.69) is 17.2 Å². The van der Waals surface area contributed by atoms with E-state index in [9.17, 15) is 10.1 Å². The second kappa shape index (κ2) is 5.68. The van der Waals surface area contributed by atoms with Crippen LogP contribution in [0.25, 0.3) is 10.8 Å². The molecule has 5 nitrogen and oxygen atoms in total. The van der Waals surface area contributed by atoms with Gasteiger partial charge in [0.25, 0.3) is 5.69 Å². The van der Waals surface area contributed by atoms with E-state index in [1.165, 1.54) is 12.8 Å². The predicted octanol–water partition coefficient (Wildman–Crippen LogP) is 4.13. The average molecular weight is 285 g/mol. The topological polar surface area (TPSA) is 68.1 Å². The van der Waals surface area contributed by atoms with Crippen molar-refractivity contribution in [1.82, 2.24) is 4.98 Å². The molecule has 21 heavy (non-hydrogen) atoms. The van der Waals surface area contributed by atoms with Crippen LogP contribution in [-0.2, 0) is 0 Å². The lowest BCUT2D eigenvalue weighted by Crippen LogP contribution is -2.26. The van der Waals surface area contributed by atoms with Crippen molar-refractivity contribution in [2.75, 3.05) is 5.32 Å². The minimum atomic E-state index is -0.351. The lowest BCUT2D eigenvalue weighted by molar-refractivity contribution is -0.383. The number of hydrogen-bond donors (Lipinski definition) is 1. The van der Waals surface area contributed by atoms with Crippen LogP contribution in [0.15, 0.2) is 30.6 Å². The van der Waals surface area contributed by atoms with Crippen molar-refractivity contribution >= 4 is 22.1 Å². The van der Waals surface area contributed by atoms with Gasteiger partial charge in [-0.3, -0.25) is 15.1 Å². The molecule has 0 aliphatic heterocycles. The van der Waals surface area contributed by atoms with Crippen LogP contribution in [0, 0.1) is 16.0 Å². The number of hydrogen-bond acceptors (Lipinski definition) is 4. The molecular formula is C16H19N3O2. The predicted molar refractivity (Wildman–Crippen MR) is 83.4 cm³/mol. The molecule has 1 N–H and O–H groups in total. The second-order valence-corrected chi connectivity index (χ2v) is 5.92. The van der Waals surface area contributed by atoms with Crippen molar-refractivity contribution < 1.29 is 4.92 Å². The maximum Gasteiger partial charge on any atom is 0.278 e. The quantitative estimate of drug-likeness (QED) is 0.680. The van der Waals surface area contributed by atoms with Crippen molar-refractivity contribution in [3.8, 4) is 0 Å². The first-order valence-corrected chi connectivity index (χ1v) is 7.43. The Morgan fingerprint density at radius 3 is 2.90 bits per heavy atom. The standard InChI is InChI=1S/C16H19N3O2/c1-11-3-2-4-12(9-11)18-15-5-6-16(19(20)21)14-10-17-8-7-13(14)15/h5-8,10-12,18H,2-4,9H2,1H3. The number of benzene rings is 1. The number of anilines is 1. The molecule has 2 unspecified atom stereocenters. The van der Waals surface area contributed by atoms with E-state index >= 15 is 0 Å². The van der Waals surface area contributed by atoms with Gasteiger partial charge in [-0.25, -0.2) is 0 Å². The van der Waals surface area contributed by atoms with Crippen LogP contribution in [-0.4, -0.2) is 15.9 Å². The maximum atomic E-state index is 11.1. The highest BCUT2D eigenvalue weighted by Crippen LogP contribution is 2.33. The van der Waals surface area contributed by atoms with Crippen LogP contribution in [0.5, 0.6) is 0 Å². The van der Waals surface area contributed by atoms with E-state index in [1.807, 2.05) is 12.1 Å². The molecule has 1 aliphatic rings. The Morgan fingerprint density at radius 2 is 2.14 bits per heavy atom. The zero-order valence-electron chi connectivity index (χ0n) is 12.1. The number of aromatic nitrogens is 1. The van der Waals surface area contributed by atoms with Crippen LogP contribution in [0.3, 0.4) is 0 Å². The first kappa shape index (κ1) is 13.8. The lowest BCUT2D eigenvalue weighted by Gasteiger charge is -2.28. The summed E-state index contributed by atoms with van der Waals surface area (Å²) in [7, 11) is 0. The number of nitro groups is 1. The number of pyridine rings is 1. The third kappa shape index (κ3) is 2.82. The van der Waals surface area contributed by atoms with E-state index in [0.717, 1.165) is 29.8 Å². The van der Waals surface area contributed by atoms with Gasteiger partial charge in [0, 0.05) is 35.6 Å². The fourth-order valence-electron chi connectivity index (χ4n) is 3.25. The van der Waals surface area contributed by atoms with Gasteiger partial charge in [0.2, 0.25) is 0 Å². The molecule has 1 fully saturated rings. The molecule has 0 amide bonds. The molecule has 0 spiro atoms. The molecule has 1 aliphatic carbocycles. The summed E-state index contributed by atoms with van der Waals surface area (Å²) in [6.45, 7) is 2.28. The SMILES string of the molecule is CC1CCCC(Nc2ccc([N+](=O)[O-])c3cnccc23)C1. The van der Waals surface area contributed by atoms with Gasteiger partial charge < -0.3 is 5.32 Å². The van der Waals surface area contributed by atoms with Crippen molar-refractivity contribution in [2.24, 2.45) is 5.92 Å². The maximum absolute atomic E-state index is 11.1. The minimum Gasteiger partial charge on any atom is -0.382 e. The molecular weight excluding hydrogens is 266 g/mol.